The Balaban J connectivity index is 2.85. The average molecular weight is 345 g/mol. The summed E-state index contributed by atoms with van der Waals surface area (Å²) in [5.74, 6) is -2.35. The maximum absolute atomic E-state index is 14.3. The third-order valence-electron chi connectivity index (χ3n) is 2.87. The summed E-state index contributed by atoms with van der Waals surface area (Å²) in [4.78, 5) is 18.4. The first kappa shape index (κ1) is 16.3. The molecule has 0 saturated heterocycles. The summed E-state index contributed by atoms with van der Waals surface area (Å²) < 4.78 is 37.9. The Morgan fingerprint density at radius 1 is 1.36 bits per heavy atom. The van der Waals surface area contributed by atoms with Gasteiger partial charge < -0.3 is 5.11 Å². The monoisotopic (exact) mass is 344 g/mol. The summed E-state index contributed by atoms with van der Waals surface area (Å²) in [6, 6.07) is 2.24. The first-order valence-corrected chi connectivity index (χ1v) is 8.15. The summed E-state index contributed by atoms with van der Waals surface area (Å²) in [5.41, 5.74) is -0.885. The zero-order valence-electron chi connectivity index (χ0n) is 11.5. The van der Waals surface area contributed by atoms with Gasteiger partial charge in [0.25, 0.3) is 0 Å². The Morgan fingerprint density at radius 2 is 2.00 bits per heavy atom. The fourth-order valence-corrected chi connectivity index (χ4v) is 2.89. The van der Waals surface area contributed by atoms with Crippen molar-refractivity contribution >= 4 is 27.4 Å². The number of carbonyl (C=O) groups is 1. The topological polar surface area (TPSA) is 97.2 Å². The first-order chi connectivity index (χ1) is 10.1. The number of rotatable bonds is 3. The molecule has 2 aromatic rings. The maximum Gasteiger partial charge on any atom is 0.356 e. The van der Waals surface area contributed by atoms with Gasteiger partial charge >= 0.3 is 5.97 Å². The molecule has 0 bridgehead atoms. The fourth-order valence-electron chi connectivity index (χ4n) is 1.85. The lowest BCUT2D eigenvalue weighted by atomic mass is 10.1. The van der Waals surface area contributed by atoms with Crippen molar-refractivity contribution in [3.8, 4) is 11.3 Å². The predicted octanol–water partition coefficient (Wildman–Crippen LogP) is 2.35. The van der Waals surface area contributed by atoms with Gasteiger partial charge in [0.2, 0.25) is 0 Å². The Morgan fingerprint density at radius 3 is 2.55 bits per heavy atom. The molecule has 1 aromatic carbocycles. The number of hydrogen-bond donors (Lipinski definition) is 1. The number of aromatic nitrogens is 2. The minimum absolute atomic E-state index is 0.125. The molecule has 0 aliphatic heterocycles. The number of carboxylic acids is 1. The molecule has 0 saturated carbocycles. The molecule has 0 aliphatic carbocycles. The van der Waals surface area contributed by atoms with Gasteiger partial charge in [0.1, 0.15) is 0 Å². The van der Waals surface area contributed by atoms with Crippen molar-refractivity contribution in [1.82, 2.24) is 9.97 Å². The van der Waals surface area contributed by atoms with Gasteiger partial charge in [-0.15, -0.1) is 0 Å². The summed E-state index contributed by atoms with van der Waals surface area (Å²) in [6.45, 7) is 1.42. The molecular formula is C13H10ClFN2O4S. The van der Waals surface area contributed by atoms with Gasteiger partial charge in [-0.1, -0.05) is 11.6 Å². The molecule has 1 aromatic heterocycles. The van der Waals surface area contributed by atoms with Crippen LogP contribution in [-0.4, -0.2) is 35.7 Å². The lowest BCUT2D eigenvalue weighted by Gasteiger charge is -2.11. The minimum atomic E-state index is -3.78. The van der Waals surface area contributed by atoms with E-state index in [-0.39, 0.29) is 21.3 Å². The maximum atomic E-state index is 14.3. The van der Waals surface area contributed by atoms with Crippen LogP contribution in [0.15, 0.2) is 23.2 Å². The molecule has 0 spiro atoms. The van der Waals surface area contributed by atoms with Crippen LogP contribution in [-0.2, 0) is 9.84 Å². The quantitative estimate of drug-likeness (QED) is 0.917. The lowest BCUT2D eigenvalue weighted by Crippen LogP contribution is -2.09. The molecule has 22 heavy (non-hydrogen) atoms. The van der Waals surface area contributed by atoms with E-state index in [1.54, 1.807) is 0 Å². The third kappa shape index (κ3) is 2.93. The van der Waals surface area contributed by atoms with Crippen LogP contribution in [0.3, 0.4) is 0 Å². The van der Waals surface area contributed by atoms with Crippen molar-refractivity contribution in [2.75, 3.05) is 6.26 Å². The molecule has 0 radical (unpaired) electrons. The normalized spacial score (nSPS) is 11.5. The smallest absolute Gasteiger partial charge is 0.356 e. The number of hydrogen-bond acceptors (Lipinski definition) is 5. The van der Waals surface area contributed by atoms with Gasteiger partial charge in [-0.25, -0.2) is 22.6 Å². The summed E-state index contributed by atoms with van der Waals surface area (Å²) in [7, 11) is -3.78. The second-order valence-electron chi connectivity index (χ2n) is 4.50. The predicted molar refractivity (Wildman–Crippen MR) is 77.2 cm³/mol. The van der Waals surface area contributed by atoms with Crippen molar-refractivity contribution in [2.24, 2.45) is 0 Å². The molecular weight excluding hydrogens is 335 g/mol. The van der Waals surface area contributed by atoms with Crippen LogP contribution in [0, 0.1) is 12.7 Å². The number of nitrogens with zero attached hydrogens (tertiary/aromatic N) is 2. The molecule has 1 heterocycles. The number of sulfone groups is 1. The SMILES string of the molecule is Cc1ncc(-c2c(S(C)(=O)=O)ccc(Cl)c2F)nc1C(=O)O. The second-order valence-corrected chi connectivity index (χ2v) is 6.89. The highest BCUT2D eigenvalue weighted by atomic mass is 35.5. The van der Waals surface area contributed by atoms with Crippen LogP contribution in [0.4, 0.5) is 4.39 Å². The van der Waals surface area contributed by atoms with Crippen LogP contribution in [0.5, 0.6) is 0 Å². The second kappa shape index (κ2) is 5.62. The Bertz CT molecular complexity index is 884. The van der Waals surface area contributed by atoms with E-state index in [1.165, 1.54) is 6.92 Å². The van der Waals surface area contributed by atoms with E-state index < -0.39 is 32.9 Å². The molecule has 2 rings (SSSR count). The number of aryl methyl sites for hydroxylation is 1. The lowest BCUT2D eigenvalue weighted by molar-refractivity contribution is 0.0689. The standard InChI is InChI=1S/C13H10ClFN2O4S/c1-6-12(13(18)19)17-8(5-16-6)10-9(22(2,20)21)4-3-7(14)11(10)15/h3-5H,1-2H3,(H,18,19). The van der Waals surface area contributed by atoms with Gasteiger partial charge in [-0.2, -0.15) is 0 Å². The molecule has 116 valence electrons. The summed E-state index contributed by atoms with van der Waals surface area (Å²) in [6.07, 6.45) is 2.00. The van der Waals surface area contributed by atoms with E-state index in [9.17, 15) is 17.6 Å². The highest BCUT2D eigenvalue weighted by Gasteiger charge is 2.23. The Labute approximate surface area is 130 Å². The van der Waals surface area contributed by atoms with E-state index in [0.29, 0.717) is 0 Å². The minimum Gasteiger partial charge on any atom is -0.476 e. The van der Waals surface area contributed by atoms with Crippen LogP contribution in [0.2, 0.25) is 5.02 Å². The van der Waals surface area contributed by atoms with Gasteiger partial charge in [0.15, 0.2) is 21.3 Å². The molecule has 0 aliphatic rings. The Hall–Kier alpha value is -2.06. The van der Waals surface area contributed by atoms with E-state index in [2.05, 4.69) is 9.97 Å². The summed E-state index contributed by atoms with van der Waals surface area (Å²) >= 11 is 5.69. The Kier molecular flexibility index (Phi) is 4.17. The van der Waals surface area contributed by atoms with Gasteiger partial charge in [-0.05, 0) is 19.1 Å². The highest BCUT2D eigenvalue weighted by Crippen LogP contribution is 2.33. The molecule has 0 fully saturated rings. The van der Waals surface area contributed by atoms with Crippen molar-refractivity contribution in [3.63, 3.8) is 0 Å². The van der Waals surface area contributed by atoms with Gasteiger partial charge in [0.05, 0.1) is 33.1 Å². The van der Waals surface area contributed by atoms with Gasteiger partial charge in [-0.3, -0.25) is 4.98 Å². The molecule has 9 heteroatoms. The van der Waals surface area contributed by atoms with E-state index >= 15 is 0 Å². The van der Waals surface area contributed by atoms with Crippen LogP contribution in [0.25, 0.3) is 11.3 Å². The number of aromatic carboxylic acids is 1. The zero-order chi connectivity index (χ0) is 16.7. The van der Waals surface area contributed by atoms with Crippen molar-refractivity contribution in [3.05, 3.63) is 40.6 Å². The number of benzene rings is 1. The van der Waals surface area contributed by atoms with Crippen molar-refractivity contribution < 1.29 is 22.7 Å². The molecule has 0 atom stereocenters. The fraction of sp³-hybridized carbons (Fsp3) is 0.154. The largest absolute Gasteiger partial charge is 0.476 e. The van der Waals surface area contributed by atoms with E-state index in [4.69, 9.17) is 16.7 Å². The van der Waals surface area contributed by atoms with Crippen molar-refractivity contribution in [2.45, 2.75) is 11.8 Å². The zero-order valence-corrected chi connectivity index (χ0v) is 13.0. The highest BCUT2D eigenvalue weighted by molar-refractivity contribution is 7.90. The average Bonchev–Trinajstić information content (AvgIpc) is 2.41. The number of halogens is 2. The molecule has 0 amide bonds. The summed E-state index contributed by atoms with van der Waals surface area (Å²) in [5, 5.41) is 8.75. The molecule has 6 nitrogen and oxygen atoms in total. The third-order valence-corrected chi connectivity index (χ3v) is 4.30. The van der Waals surface area contributed by atoms with Crippen LogP contribution >= 0.6 is 11.6 Å². The van der Waals surface area contributed by atoms with E-state index in [0.717, 1.165) is 24.6 Å². The van der Waals surface area contributed by atoms with Crippen molar-refractivity contribution in [1.29, 1.82) is 0 Å². The molecule has 0 unspecified atom stereocenters. The van der Waals surface area contributed by atoms with Crippen LogP contribution < -0.4 is 0 Å². The number of carboxylic acid groups (broad SMARTS) is 1. The van der Waals surface area contributed by atoms with Crippen LogP contribution in [0.1, 0.15) is 16.2 Å². The molecule has 1 N–H and O–H groups in total. The van der Waals surface area contributed by atoms with Gasteiger partial charge in [0, 0.05) is 6.26 Å². The first-order valence-electron chi connectivity index (χ1n) is 5.88. The van der Waals surface area contributed by atoms with E-state index in [1.807, 2.05) is 0 Å².